The summed E-state index contributed by atoms with van der Waals surface area (Å²) in [7, 11) is 0. The standard InChI is InChI=1S/C12H9BrN2O2/c13-8-5-6-14-11(7-8)12(17)15-9-1-3-10(16)4-2-9/h1-7,16H,(H,15,17). The summed E-state index contributed by atoms with van der Waals surface area (Å²) in [6.07, 6.45) is 1.55. The molecule has 0 aliphatic carbocycles. The van der Waals surface area contributed by atoms with Crippen molar-refractivity contribution in [2.24, 2.45) is 0 Å². The minimum atomic E-state index is -0.294. The van der Waals surface area contributed by atoms with Gasteiger partial charge in [-0.2, -0.15) is 0 Å². The minimum Gasteiger partial charge on any atom is -0.508 e. The van der Waals surface area contributed by atoms with Crippen LogP contribution in [0, 0.1) is 0 Å². The van der Waals surface area contributed by atoms with Crippen LogP contribution in [0.3, 0.4) is 0 Å². The van der Waals surface area contributed by atoms with E-state index in [1.165, 1.54) is 12.1 Å². The Hall–Kier alpha value is -1.88. The number of pyridine rings is 1. The van der Waals surface area contributed by atoms with Crippen LogP contribution < -0.4 is 5.32 Å². The minimum absolute atomic E-state index is 0.156. The Morgan fingerprint density at radius 1 is 1.24 bits per heavy atom. The summed E-state index contributed by atoms with van der Waals surface area (Å²) in [5.41, 5.74) is 0.932. The van der Waals surface area contributed by atoms with E-state index in [1.54, 1.807) is 30.5 Å². The van der Waals surface area contributed by atoms with Gasteiger partial charge in [0.2, 0.25) is 0 Å². The van der Waals surface area contributed by atoms with Gasteiger partial charge in [-0.3, -0.25) is 9.78 Å². The zero-order valence-electron chi connectivity index (χ0n) is 8.72. The predicted molar refractivity (Wildman–Crippen MR) is 68.0 cm³/mol. The van der Waals surface area contributed by atoms with Crippen LogP contribution in [0.1, 0.15) is 10.5 Å². The number of carbonyl (C=O) groups excluding carboxylic acids is 1. The van der Waals surface area contributed by atoms with Crippen LogP contribution in [0.15, 0.2) is 47.1 Å². The molecule has 0 spiro atoms. The Balaban J connectivity index is 2.14. The molecule has 2 N–H and O–H groups in total. The maximum atomic E-state index is 11.8. The zero-order valence-corrected chi connectivity index (χ0v) is 10.3. The summed E-state index contributed by atoms with van der Waals surface area (Å²) in [4.78, 5) is 15.8. The molecular weight excluding hydrogens is 284 g/mol. The molecule has 2 aromatic rings. The SMILES string of the molecule is O=C(Nc1ccc(O)cc1)c1cc(Br)ccn1. The smallest absolute Gasteiger partial charge is 0.274 e. The number of hydrogen-bond acceptors (Lipinski definition) is 3. The second-order valence-corrected chi connectivity index (χ2v) is 4.28. The average molecular weight is 293 g/mol. The van der Waals surface area contributed by atoms with E-state index in [-0.39, 0.29) is 11.7 Å². The lowest BCUT2D eigenvalue weighted by molar-refractivity contribution is 0.102. The summed E-state index contributed by atoms with van der Waals surface area (Å²) in [6, 6.07) is 9.62. The third-order valence-electron chi connectivity index (χ3n) is 2.08. The highest BCUT2D eigenvalue weighted by atomic mass is 79.9. The van der Waals surface area contributed by atoms with Crippen molar-refractivity contribution < 1.29 is 9.90 Å². The fraction of sp³-hybridized carbons (Fsp3) is 0. The van der Waals surface area contributed by atoms with E-state index in [9.17, 15) is 4.79 Å². The zero-order chi connectivity index (χ0) is 12.3. The van der Waals surface area contributed by atoms with Gasteiger partial charge in [-0.15, -0.1) is 0 Å². The summed E-state index contributed by atoms with van der Waals surface area (Å²) < 4.78 is 0.795. The number of nitrogens with one attached hydrogen (secondary N) is 1. The largest absolute Gasteiger partial charge is 0.508 e. The summed E-state index contributed by atoms with van der Waals surface area (Å²) in [6.45, 7) is 0. The molecule has 4 nitrogen and oxygen atoms in total. The predicted octanol–water partition coefficient (Wildman–Crippen LogP) is 2.80. The van der Waals surface area contributed by atoms with E-state index in [0.29, 0.717) is 11.4 Å². The number of aromatic nitrogens is 1. The molecule has 0 saturated carbocycles. The molecule has 0 bridgehead atoms. The second kappa shape index (κ2) is 4.97. The Kier molecular flexibility index (Phi) is 3.39. The van der Waals surface area contributed by atoms with Gasteiger partial charge in [-0.05, 0) is 36.4 Å². The highest BCUT2D eigenvalue weighted by Gasteiger charge is 2.07. The van der Waals surface area contributed by atoms with E-state index in [2.05, 4.69) is 26.2 Å². The second-order valence-electron chi connectivity index (χ2n) is 3.36. The van der Waals surface area contributed by atoms with Crippen LogP contribution in [-0.2, 0) is 0 Å². The Morgan fingerprint density at radius 3 is 2.59 bits per heavy atom. The van der Waals surface area contributed by atoms with Gasteiger partial charge < -0.3 is 10.4 Å². The molecule has 2 rings (SSSR count). The summed E-state index contributed by atoms with van der Waals surface area (Å²) in [5.74, 6) is -0.138. The molecule has 1 aromatic carbocycles. The van der Waals surface area contributed by atoms with Gasteiger partial charge >= 0.3 is 0 Å². The Morgan fingerprint density at radius 2 is 1.94 bits per heavy atom. The normalized spacial score (nSPS) is 9.94. The first kappa shape index (κ1) is 11.6. The highest BCUT2D eigenvalue weighted by Crippen LogP contribution is 2.15. The first-order valence-electron chi connectivity index (χ1n) is 4.87. The number of amides is 1. The van der Waals surface area contributed by atoms with Crippen LogP contribution in [-0.4, -0.2) is 16.0 Å². The monoisotopic (exact) mass is 292 g/mol. The van der Waals surface area contributed by atoms with Crippen molar-refractivity contribution >= 4 is 27.5 Å². The van der Waals surface area contributed by atoms with E-state index < -0.39 is 0 Å². The number of benzene rings is 1. The first-order chi connectivity index (χ1) is 8.15. The highest BCUT2D eigenvalue weighted by molar-refractivity contribution is 9.10. The van der Waals surface area contributed by atoms with E-state index in [1.807, 2.05) is 0 Å². The van der Waals surface area contributed by atoms with Crippen molar-refractivity contribution in [2.45, 2.75) is 0 Å². The van der Waals surface area contributed by atoms with Crippen LogP contribution >= 0.6 is 15.9 Å². The lowest BCUT2D eigenvalue weighted by atomic mass is 10.3. The number of hydrogen-bond donors (Lipinski definition) is 2. The number of phenolic OH excluding ortho intramolecular Hbond substituents is 1. The molecule has 1 heterocycles. The van der Waals surface area contributed by atoms with E-state index in [0.717, 1.165) is 4.47 Å². The molecule has 1 aromatic heterocycles. The number of rotatable bonds is 2. The number of phenols is 1. The van der Waals surface area contributed by atoms with Gasteiger partial charge in [-0.1, -0.05) is 15.9 Å². The maximum absolute atomic E-state index is 11.8. The lowest BCUT2D eigenvalue weighted by Crippen LogP contribution is -2.13. The van der Waals surface area contributed by atoms with Gasteiger partial charge in [0.25, 0.3) is 5.91 Å². The summed E-state index contributed by atoms with van der Waals surface area (Å²) >= 11 is 3.27. The van der Waals surface area contributed by atoms with Crippen LogP contribution in [0.4, 0.5) is 5.69 Å². The van der Waals surface area contributed by atoms with Gasteiger partial charge in [0, 0.05) is 16.4 Å². The molecule has 5 heteroatoms. The summed E-state index contributed by atoms with van der Waals surface area (Å²) in [5, 5.41) is 11.8. The molecular formula is C12H9BrN2O2. The number of carbonyl (C=O) groups is 1. The molecule has 0 atom stereocenters. The van der Waals surface area contributed by atoms with Crippen LogP contribution in [0.25, 0.3) is 0 Å². The fourth-order valence-electron chi connectivity index (χ4n) is 1.27. The quantitative estimate of drug-likeness (QED) is 0.837. The van der Waals surface area contributed by atoms with Crippen molar-refractivity contribution in [3.8, 4) is 5.75 Å². The molecule has 0 aliphatic heterocycles. The van der Waals surface area contributed by atoms with Crippen molar-refractivity contribution in [3.05, 3.63) is 52.8 Å². The molecule has 0 fully saturated rings. The van der Waals surface area contributed by atoms with Crippen molar-refractivity contribution in [2.75, 3.05) is 5.32 Å². The average Bonchev–Trinajstić information content (AvgIpc) is 2.32. The topological polar surface area (TPSA) is 62.2 Å². The van der Waals surface area contributed by atoms with Crippen molar-refractivity contribution in [1.82, 2.24) is 4.98 Å². The van der Waals surface area contributed by atoms with Crippen LogP contribution in [0.2, 0.25) is 0 Å². The number of nitrogens with zero attached hydrogens (tertiary/aromatic N) is 1. The molecule has 17 heavy (non-hydrogen) atoms. The third kappa shape index (κ3) is 3.04. The Labute approximate surface area is 106 Å². The number of anilines is 1. The molecule has 0 saturated heterocycles. The third-order valence-corrected chi connectivity index (χ3v) is 2.57. The maximum Gasteiger partial charge on any atom is 0.274 e. The Bertz CT molecular complexity index is 540. The fourth-order valence-corrected chi connectivity index (χ4v) is 1.60. The van der Waals surface area contributed by atoms with Crippen molar-refractivity contribution in [1.29, 1.82) is 0 Å². The van der Waals surface area contributed by atoms with Gasteiger partial charge in [-0.25, -0.2) is 0 Å². The van der Waals surface area contributed by atoms with E-state index in [4.69, 9.17) is 5.11 Å². The molecule has 0 unspecified atom stereocenters. The van der Waals surface area contributed by atoms with Gasteiger partial charge in [0.1, 0.15) is 11.4 Å². The molecule has 86 valence electrons. The lowest BCUT2D eigenvalue weighted by Gasteiger charge is -2.04. The number of aromatic hydroxyl groups is 1. The first-order valence-corrected chi connectivity index (χ1v) is 5.66. The molecule has 1 amide bonds. The van der Waals surface area contributed by atoms with E-state index >= 15 is 0 Å². The molecule has 0 radical (unpaired) electrons. The van der Waals surface area contributed by atoms with Gasteiger partial charge in [0.05, 0.1) is 0 Å². The van der Waals surface area contributed by atoms with Crippen LogP contribution in [0.5, 0.6) is 5.75 Å². The molecule has 0 aliphatic rings. The van der Waals surface area contributed by atoms with Crippen molar-refractivity contribution in [3.63, 3.8) is 0 Å². The number of halogens is 1. The van der Waals surface area contributed by atoms with Gasteiger partial charge in [0.15, 0.2) is 0 Å².